The van der Waals surface area contributed by atoms with Crippen molar-refractivity contribution >= 4 is 31.9 Å². The van der Waals surface area contributed by atoms with E-state index in [0.717, 1.165) is 39.2 Å². The Balaban J connectivity index is 1.78. The van der Waals surface area contributed by atoms with E-state index in [2.05, 4.69) is 31.9 Å². The maximum Gasteiger partial charge on any atom is 0.131 e. The van der Waals surface area contributed by atoms with Gasteiger partial charge in [0, 0.05) is 11.1 Å². The molecular weight excluding hydrogens is 472 g/mol. The Morgan fingerprint density at radius 2 is 1.52 bits per heavy atom. The van der Waals surface area contributed by atoms with Gasteiger partial charge in [-0.2, -0.15) is 0 Å². The van der Waals surface area contributed by atoms with E-state index in [1.165, 1.54) is 24.0 Å². The summed E-state index contributed by atoms with van der Waals surface area (Å²) in [5.74, 6) is 3.55. The van der Waals surface area contributed by atoms with Crippen molar-refractivity contribution in [2.24, 2.45) is 0 Å². The van der Waals surface area contributed by atoms with Crippen LogP contribution in [0.2, 0.25) is 0 Å². The van der Waals surface area contributed by atoms with Crippen LogP contribution in [0.1, 0.15) is 37.8 Å². The molecule has 0 spiro atoms. The van der Waals surface area contributed by atoms with Crippen molar-refractivity contribution in [3.63, 3.8) is 0 Å². The minimum absolute atomic E-state index is 0.163. The molecule has 3 rings (SSSR count). The summed E-state index contributed by atoms with van der Waals surface area (Å²) < 4.78 is 18.8. The molecule has 0 amide bonds. The van der Waals surface area contributed by atoms with Crippen LogP contribution in [-0.2, 0) is 12.8 Å². The molecule has 0 saturated carbocycles. The van der Waals surface area contributed by atoms with Gasteiger partial charge in [-0.15, -0.1) is 0 Å². The number of rotatable bonds is 7. The van der Waals surface area contributed by atoms with Crippen LogP contribution in [0.5, 0.6) is 23.0 Å². The van der Waals surface area contributed by atoms with Gasteiger partial charge in [-0.3, -0.25) is 0 Å². The maximum absolute atomic E-state index is 6.20. The van der Waals surface area contributed by atoms with E-state index in [1.807, 2.05) is 56.3 Å². The molecule has 0 aromatic heterocycles. The van der Waals surface area contributed by atoms with Gasteiger partial charge in [0.05, 0.1) is 9.50 Å². The van der Waals surface area contributed by atoms with E-state index in [9.17, 15) is 0 Å². The van der Waals surface area contributed by atoms with Crippen molar-refractivity contribution in [2.75, 3.05) is 6.61 Å². The molecule has 144 valence electrons. The smallest absolute Gasteiger partial charge is 0.131 e. The zero-order valence-electron chi connectivity index (χ0n) is 15.6. The quantitative estimate of drug-likeness (QED) is 0.408. The van der Waals surface area contributed by atoms with E-state index in [1.54, 1.807) is 0 Å². The number of hydrogen-bond donors (Lipinski definition) is 0. The van der Waals surface area contributed by atoms with Crippen molar-refractivity contribution < 1.29 is 14.2 Å². The molecule has 3 nitrogen and oxygen atoms in total. The Labute approximate surface area is 178 Å². The molecular formula is C22H24Br2O3. The number of hydrogen-bond acceptors (Lipinski definition) is 3. The summed E-state index contributed by atoms with van der Waals surface area (Å²) in [4.78, 5) is 0. The van der Waals surface area contributed by atoms with E-state index >= 15 is 0 Å². The van der Waals surface area contributed by atoms with Crippen molar-refractivity contribution in [3.05, 3.63) is 57.0 Å². The Hall–Kier alpha value is -1.46. The molecule has 0 unspecified atom stereocenters. The molecule has 5 heteroatoms. The van der Waals surface area contributed by atoms with Crippen LogP contribution >= 0.6 is 31.9 Å². The normalized spacial score (nSPS) is 13.1. The minimum atomic E-state index is 0.163. The fourth-order valence-electron chi connectivity index (χ4n) is 3.21. The van der Waals surface area contributed by atoms with Gasteiger partial charge in [0.2, 0.25) is 0 Å². The highest BCUT2D eigenvalue weighted by Gasteiger charge is 2.19. The molecule has 0 radical (unpaired) electrons. The van der Waals surface area contributed by atoms with E-state index in [4.69, 9.17) is 14.2 Å². The number of halogens is 2. The van der Waals surface area contributed by atoms with Gasteiger partial charge in [0.15, 0.2) is 0 Å². The summed E-state index contributed by atoms with van der Waals surface area (Å²) >= 11 is 6.72. The highest BCUT2D eigenvalue weighted by atomic mass is 79.9. The van der Waals surface area contributed by atoms with Crippen LogP contribution in [0.25, 0.3) is 0 Å². The average Bonchev–Trinajstić information content (AvgIpc) is 2.64. The van der Waals surface area contributed by atoms with Crippen molar-refractivity contribution in [1.29, 1.82) is 0 Å². The third-order valence-electron chi connectivity index (χ3n) is 4.35. The Morgan fingerprint density at radius 3 is 2.15 bits per heavy atom. The van der Waals surface area contributed by atoms with Gasteiger partial charge in [-0.05, 0) is 114 Å². The van der Waals surface area contributed by atoms with Gasteiger partial charge >= 0.3 is 0 Å². The summed E-state index contributed by atoms with van der Waals surface area (Å²) in [5, 5.41) is 0. The van der Waals surface area contributed by atoms with E-state index in [-0.39, 0.29) is 6.10 Å². The van der Waals surface area contributed by atoms with Gasteiger partial charge in [0.25, 0.3) is 0 Å². The first-order chi connectivity index (χ1) is 13.0. The molecule has 0 N–H and O–H groups in total. The van der Waals surface area contributed by atoms with Crippen molar-refractivity contribution in [2.45, 2.75) is 45.6 Å². The maximum atomic E-state index is 6.20. The number of ether oxygens (including phenoxy) is 3. The average molecular weight is 496 g/mol. The van der Waals surface area contributed by atoms with Crippen LogP contribution in [-0.4, -0.2) is 12.7 Å². The van der Waals surface area contributed by atoms with Crippen LogP contribution in [0.3, 0.4) is 0 Å². The second-order valence-corrected chi connectivity index (χ2v) is 9.54. The molecule has 0 saturated heterocycles. The molecule has 0 aliphatic heterocycles. The molecule has 2 aromatic carbocycles. The first kappa shape index (κ1) is 20.3. The lowest BCUT2D eigenvalue weighted by Gasteiger charge is -2.22. The first-order valence-corrected chi connectivity index (χ1v) is 10.8. The standard InChI is InChI=1S/C22H24Br2O3/c1-15(2)26-16-7-9-17(10-8-16)27-21-12-11-20(25-14-13-22(23)24)18-5-3-4-6-19(18)21/h7-13,15H,3-6,14H2,1-2H3. The molecule has 2 aromatic rings. The highest BCUT2D eigenvalue weighted by molar-refractivity contribution is 9.28. The van der Waals surface area contributed by atoms with Crippen molar-refractivity contribution in [1.82, 2.24) is 0 Å². The summed E-state index contributed by atoms with van der Waals surface area (Å²) in [5.41, 5.74) is 2.54. The monoisotopic (exact) mass is 494 g/mol. The number of fused-ring (bicyclic) bond motifs is 1. The third kappa shape index (κ3) is 5.76. The third-order valence-corrected chi connectivity index (χ3v) is 5.00. The van der Waals surface area contributed by atoms with Gasteiger partial charge in [-0.25, -0.2) is 0 Å². The topological polar surface area (TPSA) is 27.7 Å². The fraction of sp³-hybridized carbons (Fsp3) is 0.364. The lowest BCUT2D eigenvalue weighted by molar-refractivity contribution is 0.242. The van der Waals surface area contributed by atoms with Crippen LogP contribution in [0.15, 0.2) is 45.9 Å². The van der Waals surface area contributed by atoms with E-state index in [0.29, 0.717) is 6.61 Å². The number of benzene rings is 2. The molecule has 0 fully saturated rings. The molecule has 1 aliphatic rings. The fourth-order valence-corrected chi connectivity index (χ4v) is 3.48. The largest absolute Gasteiger partial charge is 0.491 e. The first-order valence-electron chi connectivity index (χ1n) is 9.26. The second kappa shape index (κ2) is 9.65. The van der Waals surface area contributed by atoms with Crippen molar-refractivity contribution in [3.8, 4) is 23.0 Å². The SMILES string of the molecule is CC(C)Oc1ccc(Oc2ccc(OCC=C(Br)Br)c3c2CCCC3)cc1. The molecule has 0 heterocycles. The molecule has 0 atom stereocenters. The molecule has 27 heavy (non-hydrogen) atoms. The Kier molecular flexibility index (Phi) is 7.25. The summed E-state index contributed by atoms with van der Waals surface area (Å²) in [6, 6.07) is 11.8. The predicted octanol–water partition coefficient (Wildman–Crippen LogP) is 7.15. The molecule has 1 aliphatic carbocycles. The predicted molar refractivity (Wildman–Crippen MR) is 117 cm³/mol. The van der Waals surface area contributed by atoms with Crippen LogP contribution in [0, 0.1) is 0 Å². The summed E-state index contributed by atoms with van der Waals surface area (Å²) in [6.07, 6.45) is 6.53. The molecule has 0 bridgehead atoms. The summed E-state index contributed by atoms with van der Waals surface area (Å²) in [6.45, 7) is 4.56. The second-order valence-electron chi connectivity index (χ2n) is 6.77. The minimum Gasteiger partial charge on any atom is -0.491 e. The lowest BCUT2D eigenvalue weighted by atomic mass is 9.90. The van der Waals surface area contributed by atoms with Gasteiger partial charge in [0.1, 0.15) is 29.6 Å². The van der Waals surface area contributed by atoms with Crippen LogP contribution < -0.4 is 14.2 Å². The Bertz CT molecular complexity index is 794. The highest BCUT2D eigenvalue weighted by Crippen LogP contribution is 2.38. The van der Waals surface area contributed by atoms with Gasteiger partial charge < -0.3 is 14.2 Å². The van der Waals surface area contributed by atoms with Gasteiger partial charge in [-0.1, -0.05) is 0 Å². The summed E-state index contributed by atoms with van der Waals surface area (Å²) in [7, 11) is 0. The lowest BCUT2D eigenvalue weighted by Crippen LogP contribution is -2.08. The zero-order valence-corrected chi connectivity index (χ0v) is 18.8. The Morgan fingerprint density at radius 1 is 0.926 bits per heavy atom. The van der Waals surface area contributed by atoms with Crippen LogP contribution in [0.4, 0.5) is 0 Å². The zero-order chi connectivity index (χ0) is 19.2. The van der Waals surface area contributed by atoms with E-state index < -0.39 is 0 Å².